The molecule has 0 unspecified atom stereocenters. The number of aliphatic hydroxyl groups excluding tert-OH is 1. The zero-order valence-corrected chi connectivity index (χ0v) is 13.2. The lowest BCUT2D eigenvalue weighted by Crippen LogP contribution is -2.11. The van der Waals surface area contributed by atoms with Crippen LogP contribution in [-0.4, -0.2) is 18.1 Å². The van der Waals surface area contributed by atoms with Crippen molar-refractivity contribution in [1.29, 1.82) is 0 Å². The summed E-state index contributed by atoms with van der Waals surface area (Å²) < 4.78 is 10.6. The molecule has 0 aliphatic carbocycles. The summed E-state index contributed by atoms with van der Waals surface area (Å²) in [5, 5.41) is 11.9. The van der Waals surface area contributed by atoms with Gasteiger partial charge in [0.1, 0.15) is 23.9 Å². The smallest absolute Gasteiger partial charge is 0.255 e. The van der Waals surface area contributed by atoms with Crippen molar-refractivity contribution < 1.29 is 19.1 Å². The second-order valence-corrected chi connectivity index (χ2v) is 5.18. The van der Waals surface area contributed by atoms with Crippen LogP contribution >= 0.6 is 0 Å². The first kappa shape index (κ1) is 15.8. The Hall–Kier alpha value is -3.05. The highest BCUT2D eigenvalue weighted by molar-refractivity contribution is 6.04. The number of methoxy groups -OCH3 is 1. The van der Waals surface area contributed by atoms with Gasteiger partial charge >= 0.3 is 0 Å². The normalized spacial score (nSPS) is 10.4. The van der Waals surface area contributed by atoms with Gasteiger partial charge in [0.2, 0.25) is 0 Å². The zero-order chi connectivity index (χ0) is 16.9. The SMILES string of the molecule is COc1ccc(C(=O)Nc2ccc(-c3ccc(CO)o3)cc2)cc1. The summed E-state index contributed by atoms with van der Waals surface area (Å²) in [6.45, 7) is -0.129. The van der Waals surface area contributed by atoms with E-state index >= 15 is 0 Å². The van der Waals surface area contributed by atoms with Crippen LogP contribution in [0.4, 0.5) is 5.69 Å². The first-order valence-corrected chi connectivity index (χ1v) is 7.45. The molecule has 0 fully saturated rings. The Balaban J connectivity index is 1.70. The van der Waals surface area contributed by atoms with Crippen LogP contribution in [0.25, 0.3) is 11.3 Å². The Labute approximate surface area is 139 Å². The molecular weight excluding hydrogens is 306 g/mol. The van der Waals surface area contributed by atoms with E-state index in [1.807, 2.05) is 12.1 Å². The van der Waals surface area contributed by atoms with Crippen LogP contribution in [-0.2, 0) is 6.61 Å². The molecular formula is C19H17NO4. The maximum Gasteiger partial charge on any atom is 0.255 e. The third-order valence-electron chi connectivity index (χ3n) is 3.60. The molecule has 5 heteroatoms. The largest absolute Gasteiger partial charge is 0.497 e. The molecule has 0 aliphatic heterocycles. The van der Waals surface area contributed by atoms with Crippen molar-refractivity contribution >= 4 is 11.6 Å². The van der Waals surface area contributed by atoms with Gasteiger partial charge < -0.3 is 19.6 Å². The topological polar surface area (TPSA) is 71.7 Å². The number of nitrogens with one attached hydrogen (secondary N) is 1. The van der Waals surface area contributed by atoms with E-state index in [9.17, 15) is 4.79 Å². The van der Waals surface area contributed by atoms with Gasteiger partial charge in [0, 0.05) is 16.8 Å². The minimum Gasteiger partial charge on any atom is -0.497 e. The van der Waals surface area contributed by atoms with E-state index in [-0.39, 0.29) is 12.5 Å². The Morgan fingerprint density at radius 1 is 1.04 bits per heavy atom. The summed E-state index contributed by atoms with van der Waals surface area (Å²) in [4.78, 5) is 12.2. The number of hydrogen-bond donors (Lipinski definition) is 2. The molecule has 1 amide bonds. The van der Waals surface area contributed by atoms with Crippen LogP contribution in [0.3, 0.4) is 0 Å². The van der Waals surface area contributed by atoms with Gasteiger partial charge in [0.15, 0.2) is 0 Å². The van der Waals surface area contributed by atoms with Crippen LogP contribution in [0.15, 0.2) is 65.1 Å². The van der Waals surface area contributed by atoms with Gasteiger partial charge in [-0.1, -0.05) is 0 Å². The fourth-order valence-corrected chi connectivity index (χ4v) is 2.28. The highest BCUT2D eigenvalue weighted by atomic mass is 16.5. The number of benzene rings is 2. The molecule has 0 radical (unpaired) electrons. The van der Waals surface area contributed by atoms with E-state index in [2.05, 4.69) is 5.32 Å². The van der Waals surface area contributed by atoms with E-state index in [1.54, 1.807) is 55.6 Å². The second-order valence-electron chi connectivity index (χ2n) is 5.18. The molecule has 0 aliphatic rings. The fourth-order valence-electron chi connectivity index (χ4n) is 2.28. The van der Waals surface area contributed by atoms with E-state index in [1.165, 1.54) is 0 Å². The number of ether oxygens (including phenoxy) is 1. The van der Waals surface area contributed by atoms with E-state index in [4.69, 9.17) is 14.3 Å². The number of carbonyl (C=O) groups is 1. The third kappa shape index (κ3) is 3.47. The molecule has 0 saturated carbocycles. The van der Waals surface area contributed by atoms with Crippen LogP contribution in [0.1, 0.15) is 16.1 Å². The van der Waals surface area contributed by atoms with Gasteiger partial charge in [-0.2, -0.15) is 0 Å². The van der Waals surface area contributed by atoms with Crippen molar-refractivity contribution in [2.75, 3.05) is 12.4 Å². The highest BCUT2D eigenvalue weighted by Gasteiger charge is 2.08. The lowest BCUT2D eigenvalue weighted by molar-refractivity contribution is 0.102. The second kappa shape index (κ2) is 7.02. The van der Waals surface area contributed by atoms with E-state index in [0.29, 0.717) is 28.5 Å². The van der Waals surface area contributed by atoms with Crippen LogP contribution in [0.2, 0.25) is 0 Å². The quantitative estimate of drug-likeness (QED) is 0.751. The number of rotatable bonds is 5. The molecule has 0 bridgehead atoms. The van der Waals surface area contributed by atoms with Crippen molar-refractivity contribution in [1.82, 2.24) is 0 Å². The molecule has 3 aromatic rings. The Morgan fingerprint density at radius 3 is 2.33 bits per heavy atom. The summed E-state index contributed by atoms with van der Waals surface area (Å²) >= 11 is 0. The molecule has 0 saturated heterocycles. The fraction of sp³-hybridized carbons (Fsp3) is 0.105. The first-order chi connectivity index (χ1) is 11.7. The number of anilines is 1. The van der Waals surface area contributed by atoms with E-state index < -0.39 is 0 Å². The predicted molar refractivity (Wildman–Crippen MR) is 91.0 cm³/mol. The minimum absolute atomic E-state index is 0.129. The van der Waals surface area contributed by atoms with Gasteiger partial charge in [-0.05, 0) is 60.7 Å². The van der Waals surface area contributed by atoms with Gasteiger partial charge in [-0.15, -0.1) is 0 Å². The van der Waals surface area contributed by atoms with Crippen LogP contribution in [0.5, 0.6) is 5.75 Å². The maximum atomic E-state index is 12.2. The molecule has 2 aromatic carbocycles. The average Bonchev–Trinajstić information content (AvgIpc) is 3.11. The number of carbonyl (C=O) groups excluding carboxylic acids is 1. The average molecular weight is 323 g/mol. The van der Waals surface area contributed by atoms with Crippen molar-refractivity contribution in [2.45, 2.75) is 6.61 Å². The molecule has 24 heavy (non-hydrogen) atoms. The Bertz CT molecular complexity index is 819. The maximum absolute atomic E-state index is 12.2. The third-order valence-corrected chi connectivity index (χ3v) is 3.60. The highest BCUT2D eigenvalue weighted by Crippen LogP contribution is 2.24. The Morgan fingerprint density at radius 2 is 1.75 bits per heavy atom. The van der Waals surface area contributed by atoms with Crippen LogP contribution < -0.4 is 10.1 Å². The molecule has 5 nitrogen and oxygen atoms in total. The molecule has 2 N–H and O–H groups in total. The summed E-state index contributed by atoms with van der Waals surface area (Å²) in [6, 6.07) is 17.7. The molecule has 1 heterocycles. The summed E-state index contributed by atoms with van der Waals surface area (Å²) in [6.07, 6.45) is 0. The van der Waals surface area contributed by atoms with Crippen molar-refractivity contribution in [3.63, 3.8) is 0 Å². The molecule has 122 valence electrons. The number of amides is 1. The van der Waals surface area contributed by atoms with Gasteiger partial charge in [0.25, 0.3) is 5.91 Å². The first-order valence-electron chi connectivity index (χ1n) is 7.45. The molecule has 1 aromatic heterocycles. The number of hydrogen-bond acceptors (Lipinski definition) is 4. The van der Waals surface area contributed by atoms with Crippen molar-refractivity contribution in [3.8, 4) is 17.1 Å². The minimum atomic E-state index is -0.189. The van der Waals surface area contributed by atoms with Crippen molar-refractivity contribution in [3.05, 3.63) is 72.0 Å². The van der Waals surface area contributed by atoms with Crippen LogP contribution in [0, 0.1) is 0 Å². The lowest BCUT2D eigenvalue weighted by atomic mass is 10.1. The standard InChI is InChI=1S/C19H17NO4/c1-23-16-8-4-14(5-9-16)19(22)20-15-6-2-13(3-7-15)18-11-10-17(12-21)24-18/h2-11,21H,12H2,1H3,(H,20,22). The Kier molecular flexibility index (Phi) is 4.63. The monoisotopic (exact) mass is 323 g/mol. The van der Waals surface area contributed by atoms with E-state index in [0.717, 1.165) is 5.56 Å². The predicted octanol–water partition coefficient (Wildman–Crippen LogP) is 3.70. The van der Waals surface area contributed by atoms with Crippen molar-refractivity contribution in [2.24, 2.45) is 0 Å². The zero-order valence-electron chi connectivity index (χ0n) is 13.2. The molecule has 0 spiro atoms. The molecule has 0 atom stereocenters. The molecule has 3 rings (SSSR count). The number of furan rings is 1. The number of aliphatic hydroxyl groups is 1. The summed E-state index contributed by atoms with van der Waals surface area (Å²) in [5.41, 5.74) is 2.11. The van der Waals surface area contributed by atoms with Gasteiger partial charge in [-0.25, -0.2) is 0 Å². The lowest BCUT2D eigenvalue weighted by Gasteiger charge is -2.07. The van der Waals surface area contributed by atoms with Gasteiger partial charge in [-0.3, -0.25) is 4.79 Å². The summed E-state index contributed by atoms with van der Waals surface area (Å²) in [5.74, 6) is 1.71. The van der Waals surface area contributed by atoms with Gasteiger partial charge in [0.05, 0.1) is 7.11 Å². The summed E-state index contributed by atoms with van der Waals surface area (Å²) in [7, 11) is 1.58.